The monoisotopic (exact) mass is 228 g/mol. The Kier molecular flexibility index (Phi) is 5.48. The molecule has 0 aromatic carbocycles. The Morgan fingerprint density at radius 3 is 2.12 bits per heavy atom. The smallest absolute Gasteiger partial charge is 0.227 e. The molecule has 0 rings (SSSR count). The van der Waals surface area contributed by atoms with Gasteiger partial charge in [-0.1, -0.05) is 27.7 Å². The van der Waals surface area contributed by atoms with Crippen LogP contribution in [0.1, 0.15) is 34.1 Å². The molecule has 0 atom stereocenters. The van der Waals surface area contributed by atoms with E-state index >= 15 is 0 Å². The number of amides is 2. The highest BCUT2D eigenvalue weighted by atomic mass is 16.2. The minimum atomic E-state index is -0.423. The first-order chi connectivity index (χ1) is 7.18. The molecule has 4 heteroatoms. The molecule has 2 amide bonds. The van der Waals surface area contributed by atoms with Gasteiger partial charge in [-0.05, 0) is 6.42 Å². The van der Waals surface area contributed by atoms with Gasteiger partial charge in [0.05, 0.1) is 0 Å². The molecular weight excluding hydrogens is 204 g/mol. The number of hydrogen-bond acceptors (Lipinski definition) is 2. The van der Waals surface area contributed by atoms with E-state index in [1.54, 1.807) is 19.0 Å². The van der Waals surface area contributed by atoms with Crippen LogP contribution in [0.5, 0.6) is 0 Å². The number of carbonyl (C=O) groups is 2. The first kappa shape index (κ1) is 14.9. The Bertz CT molecular complexity index is 258. The van der Waals surface area contributed by atoms with Crippen LogP contribution in [0.15, 0.2) is 0 Å². The maximum absolute atomic E-state index is 11.8. The van der Waals surface area contributed by atoms with Gasteiger partial charge < -0.3 is 10.2 Å². The first-order valence-electron chi connectivity index (χ1n) is 5.68. The van der Waals surface area contributed by atoms with Crippen LogP contribution >= 0.6 is 0 Å². The molecule has 0 aromatic heterocycles. The second-order valence-corrected chi connectivity index (χ2v) is 5.28. The van der Waals surface area contributed by atoms with Gasteiger partial charge in [-0.3, -0.25) is 9.59 Å². The predicted octanol–water partition coefficient (Wildman–Crippen LogP) is 1.26. The van der Waals surface area contributed by atoms with Gasteiger partial charge in [-0.2, -0.15) is 0 Å². The van der Waals surface area contributed by atoms with Crippen molar-refractivity contribution in [1.29, 1.82) is 0 Å². The van der Waals surface area contributed by atoms with E-state index in [9.17, 15) is 9.59 Å². The molecule has 0 heterocycles. The Labute approximate surface area is 98.4 Å². The SMILES string of the molecule is CC(C)C(=O)NCCC(C)(C)C(=O)N(C)C. The third-order valence-corrected chi connectivity index (χ3v) is 2.56. The lowest BCUT2D eigenvalue weighted by molar-refractivity contribution is -0.138. The minimum Gasteiger partial charge on any atom is -0.356 e. The van der Waals surface area contributed by atoms with Crippen molar-refractivity contribution in [3.63, 3.8) is 0 Å². The van der Waals surface area contributed by atoms with E-state index in [1.807, 2.05) is 27.7 Å². The average molecular weight is 228 g/mol. The molecule has 0 radical (unpaired) electrons. The second kappa shape index (κ2) is 5.87. The van der Waals surface area contributed by atoms with Crippen LogP contribution < -0.4 is 5.32 Å². The molecule has 16 heavy (non-hydrogen) atoms. The van der Waals surface area contributed by atoms with Gasteiger partial charge in [0.25, 0.3) is 0 Å². The Morgan fingerprint density at radius 2 is 1.75 bits per heavy atom. The molecule has 0 aliphatic heterocycles. The largest absolute Gasteiger partial charge is 0.356 e. The normalized spacial score (nSPS) is 11.4. The van der Waals surface area contributed by atoms with Gasteiger partial charge in [0, 0.05) is 32.0 Å². The highest BCUT2D eigenvalue weighted by Gasteiger charge is 2.28. The van der Waals surface area contributed by atoms with Gasteiger partial charge in [-0.25, -0.2) is 0 Å². The zero-order chi connectivity index (χ0) is 12.9. The highest BCUT2D eigenvalue weighted by molar-refractivity contribution is 5.81. The standard InChI is InChI=1S/C12H24N2O2/c1-9(2)10(15)13-8-7-12(3,4)11(16)14(5)6/h9H,7-8H2,1-6H3,(H,13,15). The van der Waals surface area contributed by atoms with Crippen LogP contribution in [0.2, 0.25) is 0 Å². The number of hydrogen-bond donors (Lipinski definition) is 1. The zero-order valence-corrected chi connectivity index (χ0v) is 11.3. The summed E-state index contributed by atoms with van der Waals surface area (Å²) in [6.07, 6.45) is 0.655. The lowest BCUT2D eigenvalue weighted by atomic mass is 9.88. The van der Waals surface area contributed by atoms with Gasteiger partial charge in [0.2, 0.25) is 11.8 Å². The fourth-order valence-corrected chi connectivity index (χ4v) is 1.41. The van der Waals surface area contributed by atoms with E-state index in [1.165, 1.54) is 0 Å². The summed E-state index contributed by atoms with van der Waals surface area (Å²) in [5.41, 5.74) is -0.423. The molecular formula is C12H24N2O2. The second-order valence-electron chi connectivity index (χ2n) is 5.28. The maximum Gasteiger partial charge on any atom is 0.227 e. The van der Waals surface area contributed by atoms with E-state index in [2.05, 4.69) is 5.32 Å². The topological polar surface area (TPSA) is 49.4 Å². The molecule has 94 valence electrons. The summed E-state index contributed by atoms with van der Waals surface area (Å²) in [6.45, 7) is 8.05. The van der Waals surface area contributed by atoms with Crippen molar-refractivity contribution >= 4 is 11.8 Å². The molecule has 0 unspecified atom stereocenters. The van der Waals surface area contributed by atoms with E-state index < -0.39 is 5.41 Å². The van der Waals surface area contributed by atoms with Crippen LogP contribution in [-0.2, 0) is 9.59 Å². The van der Waals surface area contributed by atoms with Gasteiger partial charge >= 0.3 is 0 Å². The summed E-state index contributed by atoms with van der Waals surface area (Å²) in [7, 11) is 3.49. The molecule has 0 saturated heterocycles. The molecule has 0 bridgehead atoms. The fraction of sp³-hybridized carbons (Fsp3) is 0.833. The quantitative estimate of drug-likeness (QED) is 0.770. The van der Waals surface area contributed by atoms with Crippen molar-refractivity contribution in [3.8, 4) is 0 Å². The summed E-state index contributed by atoms with van der Waals surface area (Å²) >= 11 is 0. The first-order valence-corrected chi connectivity index (χ1v) is 5.68. The van der Waals surface area contributed by atoms with Crippen molar-refractivity contribution in [1.82, 2.24) is 10.2 Å². The summed E-state index contributed by atoms with van der Waals surface area (Å²) in [5, 5.41) is 2.82. The van der Waals surface area contributed by atoms with Crippen molar-refractivity contribution in [3.05, 3.63) is 0 Å². The van der Waals surface area contributed by atoms with Crippen LogP contribution in [0, 0.1) is 11.3 Å². The van der Waals surface area contributed by atoms with Gasteiger partial charge in [0.1, 0.15) is 0 Å². The molecule has 0 aromatic rings. The van der Waals surface area contributed by atoms with E-state index in [0.717, 1.165) is 0 Å². The van der Waals surface area contributed by atoms with E-state index in [-0.39, 0.29) is 17.7 Å². The Hall–Kier alpha value is -1.06. The molecule has 0 aliphatic carbocycles. The third-order valence-electron chi connectivity index (χ3n) is 2.56. The molecule has 0 spiro atoms. The van der Waals surface area contributed by atoms with Gasteiger partial charge in [-0.15, -0.1) is 0 Å². The van der Waals surface area contributed by atoms with Crippen molar-refractivity contribution < 1.29 is 9.59 Å². The predicted molar refractivity (Wildman–Crippen MR) is 64.9 cm³/mol. The molecule has 0 aliphatic rings. The summed E-state index contributed by atoms with van der Waals surface area (Å²) in [4.78, 5) is 24.7. The maximum atomic E-state index is 11.8. The lowest BCUT2D eigenvalue weighted by Gasteiger charge is -2.27. The highest BCUT2D eigenvalue weighted by Crippen LogP contribution is 2.21. The van der Waals surface area contributed by atoms with Crippen LogP contribution in [-0.4, -0.2) is 37.4 Å². The molecule has 0 fully saturated rings. The van der Waals surface area contributed by atoms with Crippen molar-refractivity contribution in [2.75, 3.05) is 20.6 Å². The fourth-order valence-electron chi connectivity index (χ4n) is 1.41. The van der Waals surface area contributed by atoms with E-state index in [0.29, 0.717) is 13.0 Å². The molecule has 4 nitrogen and oxygen atoms in total. The Morgan fingerprint density at radius 1 is 1.25 bits per heavy atom. The number of nitrogens with one attached hydrogen (secondary N) is 1. The van der Waals surface area contributed by atoms with Crippen LogP contribution in [0.4, 0.5) is 0 Å². The minimum absolute atomic E-state index is 0.00679. The summed E-state index contributed by atoms with van der Waals surface area (Å²) < 4.78 is 0. The third kappa shape index (κ3) is 4.64. The summed E-state index contributed by atoms with van der Waals surface area (Å²) in [6, 6.07) is 0. The number of carbonyl (C=O) groups excluding carboxylic acids is 2. The Balaban J connectivity index is 4.10. The van der Waals surface area contributed by atoms with Gasteiger partial charge in [0.15, 0.2) is 0 Å². The van der Waals surface area contributed by atoms with Crippen molar-refractivity contribution in [2.45, 2.75) is 34.1 Å². The van der Waals surface area contributed by atoms with Crippen LogP contribution in [0.3, 0.4) is 0 Å². The average Bonchev–Trinajstić information content (AvgIpc) is 2.15. The molecule has 0 saturated carbocycles. The number of nitrogens with zero attached hydrogens (tertiary/aromatic N) is 1. The summed E-state index contributed by atoms with van der Waals surface area (Å²) in [5.74, 6) is 0.118. The number of rotatable bonds is 5. The lowest BCUT2D eigenvalue weighted by Crippen LogP contribution is -2.39. The zero-order valence-electron chi connectivity index (χ0n) is 11.3. The van der Waals surface area contributed by atoms with Crippen molar-refractivity contribution in [2.24, 2.45) is 11.3 Å². The van der Waals surface area contributed by atoms with Crippen LogP contribution in [0.25, 0.3) is 0 Å². The molecule has 1 N–H and O–H groups in total. The van der Waals surface area contributed by atoms with E-state index in [4.69, 9.17) is 0 Å².